The van der Waals surface area contributed by atoms with Crippen molar-refractivity contribution < 1.29 is 27.9 Å². The maximum atomic E-state index is 13.7. The van der Waals surface area contributed by atoms with Crippen molar-refractivity contribution in [1.29, 1.82) is 0 Å². The number of carbonyl (C=O) groups is 2. The molecule has 0 aliphatic carbocycles. The number of hydrogen-bond donors (Lipinski definition) is 3. The van der Waals surface area contributed by atoms with Gasteiger partial charge in [-0.3, -0.25) is 9.59 Å². The van der Waals surface area contributed by atoms with Gasteiger partial charge in [0, 0.05) is 12.4 Å². The number of rotatable bonds is 7. The van der Waals surface area contributed by atoms with Gasteiger partial charge in [0.25, 0.3) is 5.91 Å². The monoisotopic (exact) mass is 422 g/mol. The van der Waals surface area contributed by atoms with Crippen LogP contribution in [0.4, 0.5) is 13.2 Å². The number of halogens is 3. The van der Waals surface area contributed by atoms with E-state index >= 15 is 0 Å². The Hall–Kier alpha value is -3.40. The third-order valence-electron chi connectivity index (χ3n) is 4.14. The van der Waals surface area contributed by atoms with Gasteiger partial charge in [0.15, 0.2) is 0 Å². The molecule has 2 rings (SSSR count). The number of alkyl halides is 3. The predicted molar refractivity (Wildman–Crippen MR) is 105 cm³/mol. The first-order valence-electron chi connectivity index (χ1n) is 8.83. The van der Waals surface area contributed by atoms with Crippen molar-refractivity contribution in [1.82, 2.24) is 14.7 Å². The van der Waals surface area contributed by atoms with Gasteiger partial charge < -0.3 is 20.6 Å². The number of primary amides is 1. The van der Waals surface area contributed by atoms with E-state index < -0.39 is 41.3 Å². The molecule has 4 N–H and O–H groups in total. The molecule has 0 aromatic carbocycles. The van der Waals surface area contributed by atoms with Gasteiger partial charge in [0.1, 0.15) is 17.4 Å². The van der Waals surface area contributed by atoms with E-state index in [2.05, 4.69) is 16.9 Å². The van der Waals surface area contributed by atoms with Crippen LogP contribution in [0.5, 0.6) is 0 Å². The molecule has 0 fully saturated rings. The number of imidazole rings is 1. The van der Waals surface area contributed by atoms with Crippen LogP contribution in [0, 0.1) is 0 Å². The van der Waals surface area contributed by atoms with E-state index in [0.29, 0.717) is 5.57 Å². The third-order valence-corrected chi connectivity index (χ3v) is 4.14. The van der Waals surface area contributed by atoms with Crippen molar-refractivity contribution in [3.63, 3.8) is 0 Å². The number of nitrogens with zero attached hydrogens (tertiary/aromatic N) is 2. The minimum atomic E-state index is -4.74. The van der Waals surface area contributed by atoms with Gasteiger partial charge in [-0.1, -0.05) is 30.9 Å². The zero-order valence-electron chi connectivity index (χ0n) is 16.3. The average molecular weight is 422 g/mol. The average Bonchev–Trinajstić information content (AvgIpc) is 3.07. The fraction of sp³-hybridized carbons (Fsp3) is 0.250. The second-order valence-electron chi connectivity index (χ2n) is 6.45. The zero-order valence-corrected chi connectivity index (χ0v) is 16.3. The number of pyridine rings is 1. The largest absolute Gasteiger partial charge is 0.420 e. The van der Waals surface area contributed by atoms with Crippen molar-refractivity contribution >= 4 is 23.0 Å². The number of aromatic nitrogens is 2. The van der Waals surface area contributed by atoms with E-state index in [9.17, 15) is 27.9 Å². The normalized spacial score (nSPS) is 14.7. The summed E-state index contributed by atoms with van der Waals surface area (Å²) >= 11 is 0. The van der Waals surface area contributed by atoms with Crippen LogP contribution in [-0.2, 0) is 11.0 Å². The number of hydrogen-bond acceptors (Lipinski definition) is 4. The maximum absolute atomic E-state index is 13.7. The van der Waals surface area contributed by atoms with Gasteiger partial charge in [0.05, 0.1) is 11.7 Å². The van der Waals surface area contributed by atoms with Gasteiger partial charge in [-0.25, -0.2) is 4.98 Å². The summed E-state index contributed by atoms with van der Waals surface area (Å²) in [6, 6.07) is -0.488. The predicted octanol–water partition coefficient (Wildman–Crippen LogP) is 2.46. The van der Waals surface area contributed by atoms with Crippen LogP contribution < -0.4 is 11.1 Å². The summed E-state index contributed by atoms with van der Waals surface area (Å²) in [6.45, 7) is 6.52. The molecule has 160 valence electrons. The summed E-state index contributed by atoms with van der Waals surface area (Å²) < 4.78 is 42.1. The summed E-state index contributed by atoms with van der Waals surface area (Å²) in [5, 5.41) is 11.7. The first-order valence-corrected chi connectivity index (χ1v) is 8.83. The Morgan fingerprint density at radius 3 is 2.53 bits per heavy atom. The van der Waals surface area contributed by atoms with Crippen LogP contribution in [0.2, 0.25) is 0 Å². The quantitative estimate of drug-likeness (QED) is 0.596. The van der Waals surface area contributed by atoms with Crippen LogP contribution in [-0.4, -0.2) is 38.5 Å². The summed E-state index contributed by atoms with van der Waals surface area (Å²) in [7, 11) is 0. The van der Waals surface area contributed by atoms with E-state index in [-0.39, 0.29) is 11.3 Å². The van der Waals surface area contributed by atoms with E-state index in [4.69, 9.17) is 5.73 Å². The lowest BCUT2D eigenvalue weighted by molar-refractivity contribution is -0.136. The molecule has 0 bridgehead atoms. The molecule has 30 heavy (non-hydrogen) atoms. The first-order chi connectivity index (χ1) is 14.0. The molecule has 0 aliphatic rings. The molecule has 0 saturated carbocycles. The molecule has 10 heteroatoms. The van der Waals surface area contributed by atoms with E-state index in [1.54, 1.807) is 25.2 Å². The second kappa shape index (κ2) is 8.95. The number of amides is 2. The molecular weight excluding hydrogens is 401 g/mol. The van der Waals surface area contributed by atoms with Crippen molar-refractivity contribution in [3.8, 4) is 0 Å². The highest BCUT2D eigenvalue weighted by molar-refractivity contribution is 5.96. The van der Waals surface area contributed by atoms with Crippen molar-refractivity contribution in [3.05, 3.63) is 66.2 Å². The lowest BCUT2D eigenvalue weighted by Crippen LogP contribution is -2.50. The van der Waals surface area contributed by atoms with E-state index in [1.165, 1.54) is 19.2 Å². The Morgan fingerprint density at radius 2 is 2.03 bits per heavy atom. The molecule has 2 aromatic heterocycles. The topological polar surface area (TPSA) is 110 Å². The number of carbonyl (C=O) groups excluding carboxylic acids is 2. The smallest absolute Gasteiger partial charge is 0.391 e. The molecule has 0 aliphatic heterocycles. The highest BCUT2D eigenvalue weighted by atomic mass is 19.4. The maximum Gasteiger partial charge on any atom is 0.420 e. The standard InChI is InChI=1S/C20H21F3N4O3/c1-4-6-12(7-5-2)13-8-14(20(21,22)23)18-25-15(10-27(18)9-13)19(30)26-16(11(3)28)17(24)29/h4-11,16,28H,1H2,2-3H3,(H2,24,29)(H,26,30)/b7-5-,12-6+. The summed E-state index contributed by atoms with van der Waals surface area (Å²) in [6.07, 6.45) is 2.74. The van der Waals surface area contributed by atoms with Crippen LogP contribution in [0.15, 0.2) is 49.3 Å². The fourth-order valence-corrected chi connectivity index (χ4v) is 2.77. The summed E-state index contributed by atoms with van der Waals surface area (Å²) in [5.41, 5.74) is 3.93. The Labute approximate surface area is 170 Å². The number of nitrogens with two attached hydrogens (primary N) is 1. The SMILES string of the molecule is C=C/C=C(\C=C/C)c1cc(C(F)(F)F)c2nc(C(=O)NC(C(N)=O)C(C)O)cn2c1. The highest BCUT2D eigenvalue weighted by Crippen LogP contribution is 2.34. The number of aliphatic hydroxyl groups is 1. The first kappa shape index (κ1) is 22.9. The van der Waals surface area contributed by atoms with Gasteiger partial charge in [-0.15, -0.1) is 0 Å². The minimum absolute atomic E-state index is 0.233. The molecule has 2 atom stereocenters. The van der Waals surface area contributed by atoms with Crippen molar-refractivity contribution in [2.45, 2.75) is 32.2 Å². The van der Waals surface area contributed by atoms with Gasteiger partial charge in [0.2, 0.25) is 5.91 Å². The second-order valence-corrected chi connectivity index (χ2v) is 6.45. The van der Waals surface area contributed by atoms with Crippen molar-refractivity contribution in [2.75, 3.05) is 0 Å². The van der Waals surface area contributed by atoms with Crippen LogP contribution in [0.25, 0.3) is 11.2 Å². The van der Waals surface area contributed by atoms with Gasteiger partial charge >= 0.3 is 6.18 Å². The number of aliphatic hydroxyl groups excluding tert-OH is 1. The molecule has 7 nitrogen and oxygen atoms in total. The number of nitrogens with one attached hydrogen (secondary N) is 1. The molecular formula is C20H21F3N4O3. The molecule has 2 aromatic rings. The zero-order chi connectivity index (χ0) is 22.6. The summed E-state index contributed by atoms with van der Waals surface area (Å²) in [4.78, 5) is 27.5. The van der Waals surface area contributed by atoms with Gasteiger partial charge in [-0.2, -0.15) is 13.2 Å². The lowest BCUT2D eigenvalue weighted by Gasteiger charge is -2.17. The lowest BCUT2D eigenvalue weighted by atomic mass is 10.0. The Morgan fingerprint density at radius 1 is 1.37 bits per heavy atom. The third kappa shape index (κ3) is 4.95. The molecule has 0 saturated heterocycles. The van der Waals surface area contributed by atoms with Crippen LogP contribution >= 0.6 is 0 Å². The van der Waals surface area contributed by atoms with Gasteiger partial charge in [-0.05, 0) is 31.1 Å². The molecule has 0 radical (unpaired) electrons. The van der Waals surface area contributed by atoms with E-state index in [0.717, 1.165) is 16.7 Å². The molecule has 0 spiro atoms. The van der Waals surface area contributed by atoms with Crippen LogP contribution in [0.3, 0.4) is 0 Å². The molecule has 2 amide bonds. The Balaban J connectivity index is 2.62. The molecule has 2 heterocycles. The highest BCUT2D eigenvalue weighted by Gasteiger charge is 2.35. The Bertz CT molecular complexity index is 1040. The number of fused-ring (bicyclic) bond motifs is 1. The van der Waals surface area contributed by atoms with Crippen molar-refractivity contribution in [2.24, 2.45) is 5.73 Å². The summed E-state index contributed by atoms with van der Waals surface area (Å²) in [5.74, 6) is -1.95. The Kier molecular flexibility index (Phi) is 6.83. The van der Waals surface area contributed by atoms with E-state index in [1.807, 2.05) is 0 Å². The van der Waals surface area contributed by atoms with Crippen LogP contribution in [0.1, 0.15) is 35.5 Å². The molecule has 2 unspecified atom stereocenters. The fourth-order valence-electron chi connectivity index (χ4n) is 2.77. The minimum Gasteiger partial charge on any atom is -0.391 e. The number of allylic oxidation sites excluding steroid dienone is 5.